The number of benzene rings is 1. The molecule has 0 atom stereocenters. The minimum atomic E-state index is 0.625. The Kier molecular flexibility index (Phi) is 1.94. The molecule has 2 N–H and O–H groups in total. The number of hydrogen-bond donors (Lipinski definition) is 2. The van der Waals surface area contributed by atoms with Gasteiger partial charge in [-0.2, -0.15) is 5.10 Å². The number of nitrogens with one attached hydrogen (secondary N) is 2. The lowest BCUT2D eigenvalue weighted by Crippen LogP contribution is -1.96. The van der Waals surface area contributed by atoms with E-state index in [0.717, 1.165) is 22.5 Å². The molecule has 0 spiro atoms. The van der Waals surface area contributed by atoms with Crippen LogP contribution in [0.5, 0.6) is 0 Å². The van der Waals surface area contributed by atoms with Gasteiger partial charge in [-0.1, -0.05) is 18.2 Å². The van der Waals surface area contributed by atoms with Crippen molar-refractivity contribution in [2.75, 3.05) is 0 Å². The molecule has 0 saturated heterocycles. The van der Waals surface area contributed by atoms with Crippen LogP contribution in [0.1, 0.15) is 5.69 Å². The molecule has 4 nitrogen and oxygen atoms in total. The number of H-pyrrole nitrogens is 2. The molecular formula is C11H10N4S. The van der Waals surface area contributed by atoms with Gasteiger partial charge in [-0.3, -0.25) is 0 Å². The molecule has 3 rings (SSSR count). The predicted molar refractivity (Wildman–Crippen MR) is 65.3 cm³/mol. The number of aryl methyl sites for hydroxylation is 1. The van der Waals surface area contributed by atoms with Gasteiger partial charge in [0, 0.05) is 0 Å². The lowest BCUT2D eigenvalue weighted by Gasteiger charge is -2.00. The van der Waals surface area contributed by atoms with Crippen molar-refractivity contribution in [3.63, 3.8) is 0 Å². The Morgan fingerprint density at radius 2 is 1.94 bits per heavy atom. The summed E-state index contributed by atoms with van der Waals surface area (Å²) in [4.78, 5) is 6.20. The molecule has 2 aromatic heterocycles. The van der Waals surface area contributed by atoms with E-state index in [0.29, 0.717) is 4.77 Å². The Morgan fingerprint density at radius 3 is 2.69 bits per heavy atom. The minimum Gasteiger partial charge on any atom is -0.328 e. The van der Waals surface area contributed by atoms with Crippen LogP contribution < -0.4 is 0 Å². The van der Waals surface area contributed by atoms with Crippen molar-refractivity contribution in [1.29, 1.82) is 0 Å². The van der Waals surface area contributed by atoms with Crippen LogP contribution in [0.4, 0.5) is 0 Å². The molecule has 0 unspecified atom stereocenters. The third-order valence-electron chi connectivity index (χ3n) is 2.53. The number of aromatic amines is 2. The maximum Gasteiger partial charge on any atom is 0.176 e. The van der Waals surface area contributed by atoms with E-state index in [4.69, 9.17) is 12.2 Å². The van der Waals surface area contributed by atoms with Crippen LogP contribution in [0.25, 0.3) is 16.9 Å². The zero-order valence-corrected chi connectivity index (χ0v) is 9.51. The molecule has 0 saturated carbocycles. The highest BCUT2D eigenvalue weighted by atomic mass is 32.1. The van der Waals surface area contributed by atoms with Crippen LogP contribution in [-0.4, -0.2) is 19.7 Å². The Morgan fingerprint density at radius 1 is 1.19 bits per heavy atom. The van der Waals surface area contributed by atoms with Gasteiger partial charge in [-0.05, 0) is 31.3 Å². The second-order valence-electron chi connectivity index (χ2n) is 3.64. The molecule has 0 aliphatic carbocycles. The molecule has 0 fully saturated rings. The molecule has 0 amide bonds. The monoisotopic (exact) mass is 230 g/mol. The lowest BCUT2D eigenvalue weighted by atomic mass is 10.3. The van der Waals surface area contributed by atoms with Crippen molar-refractivity contribution in [2.45, 2.75) is 6.92 Å². The smallest absolute Gasteiger partial charge is 0.176 e. The highest BCUT2D eigenvalue weighted by Gasteiger charge is 2.10. The first-order chi connectivity index (χ1) is 7.75. The van der Waals surface area contributed by atoms with Crippen LogP contribution in [0, 0.1) is 11.7 Å². The van der Waals surface area contributed by atoms with Crippen LogP contribution in [0.15, 0.2) is 30.3 Å². The van der Waals surface area contributed by atoms with Crippen LogP contribution in [0.2, 0.25) is 0 Å². The van der Waals surface area contributed by atoms with E-state index < -0.39 is 0 Å². The number of hydrogen-bond acceptors (Lipinski definition) is 2. The third-order valence-corrected chi connectivity index (χ3v) is 2.74. The quantitative estimate of drug-likeness (QED) is 0.631. The van der Waals surface area contributed by atoms with Crippen molar-refractivity contribution in [2.24, 2.45) is 0 Å². The minimum absolute atomic E-state index is 0.625. The summed E-state index contributed by atoms with van der Waals surface area (Å²) in [5.74, 6) is 0. The summed E-state index contributed by atoms with van der Waals surface area (Å²) in [5.41, 5.74) is 3.83. The molecule has 80 valence electrons. The largest absolute Gasteiger partial charge is 0.328 e. The Balaban J connectivity index is 2.36. The third kappa shape index (κ3) is 1.29. The molecule has 0 aliphatic heterocycles. The van der Waals surface area contributed by atoms with Crippen molar-refractivity contribution in [3.8, 4) is 5.69 Å². The van der Waals surface area contributed by atoms with Gasteiger partial charge in [-0.25, -0.2) is 4.68 Å². The number of nitrogens with zero attached hydrogens (tertiary/aromatic N) is 2. The second-order valence-corrected chi connectivity index (χ2v) is 4.04. The first-order valence-electron chi connectivity index (χ1n) is 4.99. The molecule has 5 heteroatoms. The van der Waals surface area contributed by atoms with Gasteiger partial charge in [0.15, 0.2) is 10.4 Å². The molecule has 0 bridgehead atoms. The van der Waals surface area contributed by atoms with Crippen LogP contribution >= 0.6 is 12.2 Å². The normalized spacial score (nSPS) is 11.1. The van der Waals surface area contributed by atoms with E-state index in [1.54, 1.807) is 0 Å². The molecule has 3 aromatic rings. The SMILES string of the molecule is Cc1nn(-c2ccccc2)c2[nH]c(=S)[nH]c12. The molecule has 0 radical (unpaired) electrons. The topological polar surface area (TPSA) is 49.4 Å². The van der Waals surface area contributed by atoms with Gasteiger partial charge in [0.1, 0.15) is 5.52 Å². The van der Waals surface area contributed by atoms with E-state index in [1.807, 2.05) is 41.9 Å². The van der Waals surface area contributed by atoms with Crippen molar-refractivity contribution in [1.82, 2.24) is 19.7 Å². The van der Waals surface area contributed by atoms with E-state index in [1.165, 1.54) is 0 Å². The number of aromatic nitrogens is 4. The van der Waals surface area contributed by atoms with Crippen LogP contribution in [0.3, 0.4) is 0 Å². The molecular weight excluding hydrogens is 220 g/mol. The Hall–Kier alpha value is -1.88. The molecule has 2 heterocycles. The summed E-state index contributed by atoms with van der Waals surface area (Å²) in [7, 11) is 0. The summed E-state index contributed by atoms with van der Waals surface area (Å²) in [6.07, 6.45) is 0. The fraction of sp³-hybridized carbons (Fsp3) is 0.0909. The Bertz CT molecular complexity index is 690. The van der Waals surface area contributed by atoms with Crippen LogP contribution in [-0.2, 0) is 0 Å². The van der Waals surface area contributed by atoms with Crippen molar-refractivity contribution < 1.29 is 0 Å². The predicted octanol–water partition coefficient (Wildman–Crippen LogP) is 2.72. The molecule has 0 aliphatic rings. The molecule has 16 heavy (non-hydrogen) atoms. The van der Waals surface area contributed by atoms with E-state index in [2.05, 4.69) is 15.1 Å². The number of rotatable bonds is 1. The average Bonchev–Trinajstić information content (AvgIpc) is 2.80. The van der Waals surface area contributed by atoms with Gasteiger partial charge in [-0.15, -0.1) is 0 Å². The van der Waals surface area contributed by atoms with Gasteiger partial charge >= 0.3 is 0 Å². The van der Waals surface area contributed by atoms with E-state index in [-0.39, 0.29) is 0 Å². The number of imidazole rings is 1. The fourth-order valence-corrected chi connectivity index (χ4v) is 2.00. The van der Waals surface area contributed by atoms with E-state index in [9.17, 15) is 0 Å². The summed E-state index contributed by atoms with van der Waals surface area (Å²) in [6, 6.07) is 9.97. The van der Waals surface area contributed by atoms with Gasteiger partial charge in [0.05, 0.1) is 11.4 Å². The maximum absolute atomic E-state index is 5.08. The van der Waals surface area contributed by atoms with Crippen molar-refractivity contribution in [3.05, 3.63) is 40.8 Å². The first kappa shape index (κ1) is 9.35. The van der Waals surface area contributed by atoms with Gasteiger partial charge < -0.3 is 9.97 Å². The molecule has 1 aromatic carbocycles. The fourth-order valence-electron chi connectivity index (χ4n) is 1.80. The van der Waals surface area contributed by atoms with Crippen molar-refractivity contribution >= 4 is 23.4 Å². The Labute approximate surface area is 96.9 Å². The summed E-state index contributed by atoms with van der Waals surface area (Å²) in [6.45, 7) is 1.96. The highest BCUT2D eigenvalue weighted by Crippen LogP contribution is 2.18. The zero-order chi connectivity index (χ0) is 11.1. The average molecular weight is 230 g/mol. The summed E-state index contributed by atoms with van der Waals surface area (Å²) >= 11 is 5.08. The second kappa shape index (κ2) is 3.31. The highest BCUT2D eigenvalue weighted by molar-refractivity contribution is 7.71. The number of fused-ring (bicyclic) bond motifs is 1. The summed E-state index contributed by atoms with van der Waals surface area (Å²) in [5, 5.41) is 4.47. The van der Waals surface area contributed by atoms with Gasteiger partial charge in [0.25, 0.3) is 0 Å². The number of para-hydroxylation sites is 1. The van der Waals surface area contributed by atoms with E-state index >= 15 is 0 Å². The first-order valence-corrected chi connectivity index (χ1v) is 5.39. The summed E-state index contributed by atoms with van der Waals surface area (Å²) < 4.78 is 2.48. The van der Waals surface area contributed by atoms with Gasteiger partial charge in [0.2, 0.25) is 0 Å². The lowest BCUT2D eigenvalue weighted by molar-refractivity contribution is 0.874. The maximum atomic E-state index is 5.08. The standard InChI is InChI=1S/C11H10N4S/c1-7-9-10(13-11(16)12-9)15(14-7)8-5-3-2-4-6-8/h2-6H,1H3,(H2,12,13,16). The zero-order valence-electron chi connectivity index (χ0n) is 8.69.